The molecule has 5 nitrogen and oxygen atoms in total. The molecule has 1 aliphatic rings. The van der Waals surface area contributed by atoms with E-state index >= 15 is 0 Å². The molecule has 1 aromatic carbocycles. The molecule has 2 heterocycles. The van der Waals surface area contributed by atoms with Gasteiger partial charge in [-0.3, -0.25) is 4.79 Å². The normalized spacial score (nSPS) is 21.9. The van der Waals surface area contributed by atoms with Crippen LogP contribution in [0.5, 0.6) is 0 Å². The van der Waals surface area contributed by atoms with Crippen molar-refractivity contribution in [2.75, 3.05) is 13.1 Å². The largest absolute Gasteiger partial charge is 0.391 e. The van der Waals surface area contributed by atoms with Crippen molar-refractivity contribution in [2.45, 2.75) is 19.4 Å². The van der Waals surface area contributed by atoms with Crippen LogP contribution in [0, 0.1) is 5.92 Å². The van der Waals surface area contributed by atoms with Gasteiger partial charge in [0.05, 0.1) is 6.10 Å². The van der Waals surface area contributed by atoms with Gasteiger partial charge >= 0.3 is 0 Å². The van der Waals surface area contributed by atoms with Gasteiger partial charge in [0.1, 0.15) is 0 Å². The van der Waals surface area contributed by atoms with Gasteiger partial charge in [0.25, 0.3) is 5.91 Å². The molecule has 1 saturated heterocycles. The zero-order valence-corrected chi connectivity index (χ0v) is 13.0. The Hall–Kier alpha value is -1.85. The number of hydrogen-bond donors (Lipinski definition) is 1. The average molecular weight is 321 g/mol. The summed E-state index contributed by atoms with van der Waals surface area (Å²) in [6.45, 7) is 2.94. The van der Waals surface area contributed by atoms with E-state index in [1.54, 1.807) is 23.1 Å². The van der Waals surface area contributed by atoms with E-state index in [9.17, 15) is 9.90 Å². The highest BCUT2D eigenvalue weighted by atomic mass is 35.5. The third-order valence-corrected chi connectivity index (χ3v) is 4.28. The number of β-amino-alcohol motifs (C(OH)–C–C–N with tert-alkyl or cyclic N) is 1. The zero-order valence-electron chi connectivity index (χ0n) is 12.2. The van der Waals surface area contributed by atoms with Crippen molar-refractivity contribution >= 4 is 17.5 Å². The summed E-state index contributed by atoms with van der Waals surface area (Å²) in [5, 5.41) is 14.3. The minimum Gasteiger partial charge on any atom is -0.391 e. The Morgan fingerprint density at radius 2 is 2.27 bits per heavy atom. The Balaban J connectivity index is 1.77. The van der Waals surface area contributed by atoms with E-state index in [2.05, 4.69) is 5.16 Å². The molecule has 1 aromatic heterocycles. The molecule has 3 rings (SSSR count). The van der Waals surface area contributed by atoms with Gasteiger partial charge < -0.3 is 14.5 Å². The molecular weight excluding hydrogens is 304 g/mol. The van der Waals surface area contributed by atoms with Crippen molar-refractivity contribution in [3.63, 3.8) is 0 Å². The summed E-state index contributed by atoms with van der Waals surface area (Å²) < 4.78 is 5.25. The van der Waals surface area contributed by atoms with Gasteiger partial charge in [-0.05, 0) is 24.5 Å². The van der Waals surface area contributed by atoms with Crippen LogP contribution in [-0.4, -0.2) is 40.3 Å². The van der Waals surface area contributed by atoms with Gasteiger partial charge in [0.2, 0.25) is 0 Å². The van der Waals surface area contributed by atoms with E-state index in [0.29, 0.717) is 23.9 Å². The fourth-order valence-corrected chi connectivity index (χ4v) is 2.74. The second kappa shape index (κ2) is 6.10. The van der Waals surface area contributed by atoms with Gasteiger partial charge in [-0.1, -0.05) is 35.8 Å². The van der Waals surface area contributed by atoms with Crippen LogP contribution in [0.25, 0.3) is 11.3 Å². The number of rotatable bonds is 2. The number of benzene rings is 1. The van der Waals surface area contributed by atoms with Crippen LogP contribution in [0.15, 0.2) is 34.9 Å². The molecule has 1 N–H and O–H groups in total. The highest BCUT2D eigenvalue weighted by Crippen LogP contribution is 2.25. The van der Waals surface area contributed by atoms with Crippen LogP contribution in [0.2, 0.25) is 5.02 Å². The number of nitrogens with zero attached hydrogens (tertiary/aromatic N) is 2. The molecule has 0 radical (unpaired) electrons. The molecule has 0 saturated carbocycles. The molecule has 1 amide bonds. The number of carbonyl (C=O) groups excluding carboxylic acids is 1. The Labute approximate surface area is 133 Å². The van der Waals surface area contributed by atoms with E-state index < -0.39 is 6.10 Å². The molecule has 2 aromatic rings. The third kappa shape index (κ3) is 3.00. The predicted molar refractivity (Wildman–Crippen MR) is 82.6 cm³/mol. The number of aliphatic hydroxyl groups excluding tert-OH is 1. The van der Waals surface area contributed by atoms with Crippen LogP contribution in [0.3, 0.4) is 0 Å². The topological polar surface area (TPSA) is 66.6 Å². The summed E-state index contributed by atoms with van der Waals surface area (Å²) >= 11 is 5.95. The molecule has 1 aliphatic heterocycles. The lowest BCUT2D eigenvalue weighted by Gasteiger charge is -2.33. The lowest BCUT2D eigenvalue weighted by molar-refractivity contribution is 0.0243. The van der Waals surface area contributed by atoms with Crippen LogP contribution in [0.1, 0.15) is 23.8 Å². The highest BCUT2D eigenvalue weighted by Gasteiger charge is 2.29. The van der Waals surface area contributed by atoms with Gasteiger partial charge in [-0.15, -0.1) is 0 Å². The average Bonchev–Trinajstić information content (AvgIpc) is 2.99. The van der Waals surface area contributed by atoms with Crippen molar-refractivity contribution in [3.8, 4) is 11.3 Å². The third-order valence-electron chi connectivity index (χ3n) is 4.04. The number of piperidine rings is 1. The first-order chi connectivity index (χ1) is 10.5. The Kier molecular flexibility index (Phi) is 4.18. The monoisotopic (exact) mass is 320 g/mol. The van der Waals surface area contributed by atoms with Gasteiger partial charge in [-0.25, -0.2) is 0 Å². The van der Waals surface area contributed by atoms with Crippen LogP contribution in [0.4, 0.5) is 0 Å². The van der Waals surface area contributed by atoms with E-state index in [-0.39, 0.29) is 17.5 Å². The van der Waals surface area contributed by atoms with Crippen molar-refractivity contribution < 1.29 is 14.4 Å². The van der Waals surface area contributed by atoms with Crippen LogP contribution in [-0.2, 0) is 0 Å². The van der Waals surface area contributed by atoms with Crippen LogP contribution >= 0.6 is 11.6 Å². The minimum atomic E-state index is -0.489. The Morgan fingerprint density at radius 1 is 1.45 bits per heavy atom. The second-order valence-corrected chi connectivity index (χ2v) is 6.11. The number of amides is 1. The fraction of sp³-hybridized carbons (Fsp3) is 0.375. The van der Waals surface area contributed by atoms with Gasteiger partial charge in [0, 0.05) is 29.7 Å². The van der Waals surface area contributed by atoms with E-state index in [0.717, 1.165) is 12.0 Å². The van der Waals surface area contributed by atoms with Crippen molar-refractivity contribution in [1.29, 1.82) is 0 Å². The van der Waals surface area contributed by atoms with Crippen LogP contribution < -0.4 is 0 Å². The number of likely N-dealkylation sites (tertiary alicyclic amines) is 1. The molecule has 0 spiro atoms. The number of aliphatic hydroxyl groups is 1. The smallest absolute Gasteiger partial charge is 0.276 e. The second-order valence-electron chi connectivity index (χ2n) is 5.67. The Bertz CT molecular complexity index is 686. The summed E-state index contributed by atoms with van der Waals surface area (Å²) in [6.07, 6.45) is 0.295. The predicted octanol–water partition coefficient (Wildman–Crippen LogP) is 2.84. The zero-order chi connectivity index (χ0) is 15.7. The molecule has 6 heteroatoms. The van der Waals surface area contributed by atoms with Gasteiger partial charge in [0.15, 0.2) is 11.5 Å². The van der Waals surface area contributed by atoms with E-state index in [1.807, 2.05) is 19.1 Å². The number of carbonyl (C=O) groups is 1. The Morgan fingerprint density at radius 3 is 3.00 bits per heavy atom. The molecule has 1 fully saturated rings. The minimum absolute atomic E-state index is 0.211. The molecule has 116 valence electrons. The number of halogens is 1. The first-order valence-corrected chi connectivity index (χ1v) is 7.62. The fourth-order valence-electron chi connectivity index (χ4n) is 2.55. The SMILES string of the molecule is CC1CCN(C(=O)c2cc(-c3cccc(Cl)c3)on2)CC1O. The molecule has 0 aliphatic carbocycles. The maximum atomic E-state index is 12.4. The molecule has 2 atom stereocenters. The van der Waals surface area contributed by atoms with Crippen molar-refractivity contribution in [3.05, 3.63) is 41.0 Å². The summed E-state index contributed by atoms with van der Waals surface area (Å²) in [6, 6.07) is 8.78. The quantitative estimate of drug-likeness (QED) is 0.924. The van der Waals surface area contributed by atoms with E-state index in [4.69, 9.17) is 16.1 Å². The molecule has 2 unspecified atom stereocenters. The molecule has 0 bridgehead atoms. The van der Waals surface area contributed by atoms with Gasteiger partial charge in [-0.2, -0.15) is 0 Å². The lowest BCUT2D eigenvalue weighted by atomic mass is 9.96. The summed E-state index contributed by atoms with van der Waals surface area (Å²) in [4.78, 5) is 14.0. The number of hydrogen-bond acceptors (Lipinski definition) is 4. The number of aromatic nitrogens is 1. The summed E-state index contributed by atoms with van der Waals surface area (Å²) in [7, 11) is 0. The first kappa shape index (κ1) is 15.1. The maximum absolute atomic E-state index is 12.4. The van der Waals surface area contributed by atoms with Crippen molar-refractivity contribution in [1.82, 2.24) is 10.1 Å². The molecule has 22 heavy (non-hydrogen) atoms. The summed E-state index contributed by atoms with van der Waals surface area (Å²) in [5.41, 5.74) is 1.02. The highest BCUT2D eigenvalue weighted by molar-refractivity contribution is 6.30. The summed E-state index contributed by atoms with van der Waals surface area (Å²) in [5.74, 6) is 0.489. The first-order valence-electron chi connectivity index (χ1n) is 7.24. The molecular formula is C16H17ClN2O3. The standard InChI is InChI=1S/C16H17ClN2O3/c1-10-5-6-19(9-14(10)20)16(21)13-8-15(22-18-13)11-3-2-4-12(17)7-11/h2-4,7-8,10,14,20H,5-6,9H2,1H3. The van der Waals surface area contributed by atoms with Crippen molar-refractivity contribution in [2.24, 2.45) is 5.92 Å². The maximum Gasteiger partial charge on any atom is 0.276 e. The lowest BCUT2D eigenvalue weighted by Crippen LogP contribution is -2.45. The van der Waals surface area contributed by atoms with E-state index in [1.165, 1.54) is 0 Å².